The Morgan fingerprint density at radius 3 is 3.13 bits per heavy atom. The molecule has 0 saturated heterocycles. The van der Waals surface area contributed by atoms with Crippen LogP contribution in [0.4, 0.5) is 0 Å². The quantitative estimate of drug-likeness (QED) is 0.713. The van der Waals surface area contributed by atoms with E-state index in [1.165, 1.54) is 24.8 Å². The number of ether oxygens (including phenoxy) is 1. The highest BCUT2D eigenvalue weighted by atomic mass is 32.1. The highest BCUT2D eigenvalue weighted by molar-refractivity contribution is 7.09. The zero-order valence-corrected chi connectivity index (χ0v) is 8.77. The number of carbonyl (C=O) groups is 1. The van der Waals surface area contributed by atoms with E-state index in [1.54, 1.807) is 10.9 Å². The third-order valence-electron chi connectivity index (χ3n) is 1.69. The molecule has 0 unspecified atom stereocenters. The fraction of sp³-hybridized carbons (Fsp3) is 0.250. The zero-order chi connectivity index (χ0) is 10.7. The average Bonchev–Trinajstić information content (AvgIpc) is 2.88. The van der Waals surface area contributed by atoms with Crippen LogP contribution in [0.2, 0.25) is 0 Å². The molecule has 2 aromatic heterocycles. The molecule has 6 nitrogen and oxygen atoms in total. The molecule has 2 rings (SSSR count). The van der Waals surface area contributed by atoms with Gasteiger partial charge in [0.15, 0.2) is 0 Å². The lowest BCUT2D eigenvalue weighted by Gasteiger charge is -1.94. The van der Waals surface area contributed by atoms with Gasteiger partial charge in [0.05, 0.1) is 13.7 Å². The zero-order valence-electron chi connectivity index (χ0n) is 7.95. The molecular formula is C8H8N4O2S. The Morgan fingerprint density at radius 2 is 2.47 bits per heavy atom. The monoisotopic (exact) mass is 224 g/mol. The van der Waals surface area contributed by atoms with Gasteiger partial charge in [-0.1, -0.05) is 0 Å². The fourth-order valence-corrected chi connectivity index (χ4v) is 1.63. The van der Waals surface area contributed by atoms with Crippen LogP contribution in [0.3, 0.4) is 0 Å². The van der Waals surface area contributed by atoms with Crippen LogP contribution in [-0.4, -0.2) is 32.8 Å². The van der Waals surface area contributed by atoms with E-state index in [2.05, 4.69) is 19.8 Å². The first-order chi connectivity index (χ1) is 7.29. The van der Waals surface area contributed by atoms with Crippen molar-refractivity contribution in [2.75, 3.05) is 7.11 Å². The average molecular weight is 224 g/mol. The lowest BCUT2D eigenvalue weighted by atomic mass is 10.6. The van der Waals surface area contributed by atoms with Crippen molar-refractivity contribution >= 4 is 17.3 Å². The van der Waals surface area contributed by atoms with Crippen LogP contribution >= 0.6 is 11.3 Å². The van der Waals surface area contributed by atoms with E-state index in [0.29, 0.717) is 6.54 Å². The lowest BCUT2D eigenvalue weighted by molar-refractivity contribution is 0.0586. The van der Waals surface area contributed by atoms with Gasteiger partial charge in [-0.2, -0.15) is 0 Å². The van der Waals surface area contributed by atoms with Crippen molar-refractivity contribution in [3.63, 3.8) is 0 Å². The number of esters is 1. The Morgan fingerprint density at radius 1 is 1.60 bits per heavy atom. The number of hydrogen-bond acceptors (Lipinski definition) is 6. The lowest BCUT2D eigenvalue weighted by Crippen LogP contribution is -2.06. The molecule has 0 aliphatic heterocycles. The highest BCUT2D eigenvalue weighted by Gasteiger charge is 2.11. The normalized spacial score (nSPS) is 10.2. The number of aromatic nitrogens is 4. The molecule has 0 atom stereocenters. The van der Waals surface area contributed by atoms with Gasteiger partial charge < -0.3 is 4.74 Å². The number of rotatable bonds is 3. The van der Waals surface area contributed by atoms with Gasteiger partial charge in [0, 0.05) is 11.6 Å². The molecule has 0 spiro atoms. The smallest absolute Gasteiger partial charge is 0.377 e. The van der Waals surface area contributed by atoms with E-state index >= 15 is 0 Å². The van der Waals surface area contributed by atoms with E-state index in [9.17, 15) is 4.79 Å². The van der Waals surface area contributed by atoms with E-state index in [0.717, 1.165) is 5.01 Å². The van der Waals surface area contributed by atoms with Crippen LogP contribution in [0.1, 0.15) is 15.6 Å². The number of hydrogen-bond donors (Lipinski definition) is 0. The maximum absolute atomic E-state index is 11.1. The third kappa shape index (κ3) is 2.18. The highest BCUT2D eigenvalue weighted by Crippen LogP contribution is 2.05. The van der Waals surface area contributed by atoms with E-state index in [-0.39, 0.29) is 5.82 Å². The van der Waals surface area contributed by atoms with Crippen molar-refractivity contribution in [3.05, 3.63) is 28.7 Å². The van der Waals surface area contributed by atoms with Crippen LogP contribution < -0.4 is 0 Å². The summed E-state index contributed by atoms with van der Waals surface area (Å²) in [4.78, 5) is 19.0. The van der Waals surface area contributed by atoms with Crippen molar-refractivity contribution < 1.29 is 9.53 Å². The van der Waals surface area contributed by atoms with Crippen LogP contribution in [-0.2, 0) is 11.3 Å². The number of nitrogens with zero attached hydrogens (tertiary/aromatic N) is 4. The molecule has 0 aliphatic rings. The Labute approximate surface area is 89.5 Å². The largest absolute Gasteiger partial charge is 0.463 e. The summed E-state index contributed by atoms with van der Waals surface area (Å²) >= 11 is 1.53. The van der Waals surface area contributed by atoms with Crippen LogP contribution in [0.15, 0.2) is 17.9 Å². The Hall–Kier alpha value is -1.76. The maximum Gasteiger partial charge on any atom is 0.377 e. The van der Waals surface area contributed by atoms with Gasteiger partial charge in [0.25, 0.3) is 5.82 Å². The van der Waals surface area contributed by atoms with Crippen molar-refractivity contribution in [2.45, 2.75) is 6.54 Å². The Balaban J connectivity index is 2.11. The molecule has 0 saturated carbocycles. The molecule has 15 heavy (non-hydrogen) atoms. The summed E-state index contributed by atoms with van der Waals surface area (Å²) in [6, 6.07) is 0. The summed E-state index contributed by atoms with van der Waals surface area (Å²) in [5, 5.41) is 6.75. The SMILES string of the molecule is COC(=O)c1ncn(Cc2nccs2)n1. The minimum absolute atomic E-state index is 0.0639. The summed E-state index contributed by atoms with van der Waals surface area (Å²) in [6.07, 6.45) is 3.20. The standard InChI is InChI=1S/C8H8N4O2S/c1-14-8(13)7-10-5-12(11-7)4-6-9-2-3-15-6/h2-3,5H,4H2,1H3. The molecule has 0 bridgehead atoms. The van der Waals surface area contributed by atoms with Crippen molar-refractivity contribution in [1.29, 1.82) is 0 Å². The minimum Gasteiger partial charge on any atom is -0.463 e. The molecule has 0 aromatic carbocycles. The summed E-state index contributed by atoms with van der Waals surface area (Å²) in [6.45, 7) is 0.516. The van der Waals surface area contributed by atoms with Gasteiger partial charge >= 0.3 is 5.97 Å². The number of methoxy groups -OCH3 is 1. The Bertz CT molecular complexity index is 451. The predicted octanol–water partition coefficient (Wildman–Crippen LogP) is 0.570. The molecule has 0 aliphatic carbocycles. The first kappa shape index (κ1) is 9.78. The molecular weight excluding hydrogens is 216 g/mol. The molecule has 7 heteroatoms. The van der Waals surface area contributed by atoms with Crippen molar-refractivity contribution in [1.82, 2.24) is 19.7 Å². The van der Waals surface area contributed by atoms with E-state index in [1.807, 2.05) is 5.38 Å². The van der Waals surface area contributed by atoms with Crippen molar-refractivity contribution in [2.24, 2.45) is 0 Å². The minimum atomic E-state index is -0.534. The van der Waals surface area contributed by atoms with Gasteiger partial charge in [-0.15, -0.1) is 16.4 Å². The molecule has 0 fully saturated rings. The van der Waals surface area contributed by atoms with Gasteiger partial charge in [-0.25, -0.2) is 19.4 Å². The van der Waals surface area contributed by atoms with Crippen LogP contribution in [0.25, 0.3) is 0 Å². The molecule has 78 valence electrons. The van der Waals surface area contributed by atoms with E-state index in [4.69, 9.17) is 0 Å². The number of carbonyl (C=O) groups excluding carboxylic acids is 1. The summed E-state index contributed by atoms with van der Waals surface area (Å²) in [5.41, 5.74) is 0. The molecule has 2 heterocycles. The van der Waals surface area contributed by atoms with Crippen molar-refractivity contribution in [3.8, 4) is 0 Å². The predicted molar refractivity (Wildman–Crippen MR) is 52.6 cm³/mol. The second-order valence-corrected chi connectivity index (χ2v) is 3.66. The molecule has 0 N–H and O–H groups in total. The topological polar surface area (TPSA) is 69.9 Å². The molecule has 0 radical (unpaired) electrons. The fourth-order valence-electron chi connectivity index (χ4n) is 1.03. The van der Waals surface area contributed by atoms with Crippen LogP contribution in [0.5, 0.6) is 0 Å². The maximum atomic E-state index is 11.1. The van der Waals surface area contributed by atoms with Gasteiger partial charge in [-0.3, -0.25) is 0 Å². The summed E-state index contributed by atoms with van der Waals surface area (Å²) < 4.78 is 6.04. The second kappa shape index (κ2) is 4.18. The van der Waals surface area contributed by atoms with Crippen LogP contribution in [0, 0.1) is 0 Å². The summed E-state index contributed by atoms with van der Waals surface area (Å²) in [7, 11) is 1.30. The first-order valence-corrected chi connectivity index (χ1v) is 5.03. The summed E-state index contributed by atoms with van der Waals surface area (Å²) in [5.74, 6) is -0.470. The van der Waals surface area contributed by atoms with Gasteiger partial charge in [0.1, 0.15) is 11.3 Å². The Kier molecular flexibility index (Phi) is 2.72. The first-order valence-electron chi connectivity index (χ1n) is 4.15. The number of thiazole rings is 1. The van der Waals surface area contributed by atoms with Gasteiger partial charge in [-0.05, 0) is 0 Å². The molecule has 2 aromatic rings. The second-order valence-electron chi connectivity index (χ2n) is 2.68. The van der Waals surface area contributed by atoms with Gasteiger partial charge in [0.2, 0.25) is 0 Å². The third-order valence-corrected chi connectivity index (χ3v) is 2.45. The molecule has 0 amide bonds. The van der Waals surface area contributed by atoms with E-state index < -0.39 is 5.97 Å².